The SMILES string of the molecule is c1ccc(-c2ccc(-c3cc(-c4cccc(-c5cccc(-c6nc(-c7cccc(-c8ccccc8)c7)nc(-c7cccc(-c8ccccc8)c7)n6)c5)c4)nc(-c4ccccc4)n3)cc2)cc1. The maximum atomic E-state index is 5.18. The molecular weight excluding hydrogens is 803 g/mol. The van der Waals surface area contributed by atoms with Crippen molar-refractivity contribution in [3.05, 3.63) is 249 Å². The minimum atomic E-state index is 0.592. The van der Waals surface area contributed by atoms with Crippen molar-refractivity contribution in [2.24, 2.45) is 0 Å². The Bertz CT molecular complexity index is 3350. The lowest BCUT2D eigenvalue weighted by molar-refractivity contribution is 1.07. The van der Waals surface area contributed by atoms with Crippen LogP contribution in [0.5, 0.6) is 0 Å². The quantitative estimate of drug-likeness (QED) is 0.137. The van der Waals surface area contributed by atoms with Crippen LogP contribution in [0.2, 0.25) is 0 Å². The van der Waals surface area contributed by atoms with E-state index in [4.69, 9.17) is 24.9 Å². The van der Waals surface area contributed by atoms with Gasteiger partial charge in [-0.15, -0.1) is 0 Å². The zero-order valence-electron chi connectivity index (χ0n) is 35.9. The van der Waals surface area contributed by atoms with Crippen molar-refractivity contribution in [1.29, 1.82) is 0 Å². The van der Waals surface area contributed by atoms with Gasteiger partial charge in [0.15, 0.2) is 23.3 Å². The fourth-order valence-corrected chi connectivity index (χ4v) is 8.32. The van der Waals surface area contributed by atoms with Crippen molar-refractivity contribution in [1.82, 2.24) is 24.9 Å². The third-order valence-corrected chi connectivity index (χ3v) is 11.7. The summed E-state index contributed by atoms with van der Waals surface area (Å²) >= 11 is 0. The van der Waals surface area contributed by atoms with Gasteiger partial charge in [-0.3, -0.25) is 0 Å². The molecule has 0 fully saturated rings. The Kier molecular flexibility index (Phi) is 10.9. The van der Waals surface area contributed by atoms with Crippen molar-refractivity contribution in [3.63, 3.8) is 0 Å². The average molecular weight is 844 g/mol. The Balaban J connectivity index is 0.984. The summed E-state index contributed by atoms with van der Waals surface area (Å²) in [4.78, 5) is 25.7. The topological polar surface area (TPSA) is 64.5 Å². The van der Waals surface area contributed by atoms with Gasteiger partial charge in [0.05, 0.1) is 11.4 Å². The molecule has 0 atom stereocenters. The van der Waals surface area contributed by atoms with Crippen LogP contribution in [0, 0.1) is 0 Å². The fourth-order valence-electron chi connectivity index (χ4n) is 8.32. The van der Waals surface area contributed by atoms with Crippen LogP contribution in [0.15, 0.2) is 249 Å². The molecule has 0 amide bonds. The molecule has 5 heteroatoms. The highest BCUT2D eigenvalue weighted by Gasteiger charge is 2.16. The van der Waals surface area contributed by atoms with Crippen LogP contribution >= 0.6 is 0 Å². The third kappa shape index (κ3) is 8.57. The molecule has 0 spiro atoms. The van der Waals surface area contributed by atoms with Crippen molar-refractivity contribution < 1.29 is 0 Å². The number of rotatable bonds is 10. The van der Waals surface area contributed by atoms with Crippen LogP contribution in [0.3, 0.4) is 0 Å². The molecule has 0 radical (unpaired) electrons. The van der Waals surface area contributed by atoms with Crippen LogP contribution in [-0.2, 0) is 0 Å². The molecule has 9 aromatic carbocycles. The molecule has 2 heterocycles. The van der Waals surface area contributed by atoms with E-state index in [2.05, 4.69) is 212 Å². The molecule has 0 aliphatic carbocycles. The van der Waals surface area contributed by atoms with Gasteiger partial charge in [-0.2, -0.15) is 0 Å². The first-order valence-corrected chi connectivity index (χ1v) is 22.1. The summed E-state index contributed by atoms with van der Waals surface area (Å²) < 4.78 is 0. The molecule has 310 valence electrons. The van der Waals surface area contributed by atoms with Crippen LogP contribution < -0.4 is 0 Å². The Morgan fingerprint density at radius 3 is 0.833 bits per heavy atom. The summed E-state index contributed by atoms with van der Waals surface area (Å²) in [7, 11) is 0. The molecule has 2 aromatic heterocycles. The lowest BCUT2D eigenvalue weighted by Crippen LogP contribution is -2.00. The Hall–Kier alpha value is -8.93. The minimum Gasteiger partial charge on any atom is -0.228 e. The summed E-state index contributed by atoms with van der Waals surface area (Å²) in [5, 5.41) is 0. The first kappa shape index (κ1) is 39.9. The number of benzene rings is 9. The first-order chi connectivity index (χ1) is 32.7. The first-order valence-electron chi connectivity index (χ1n) is 22.1. The normalized spacial score (nSPS) is 11.0. The zero-order valence-corrected chi connectivity index (χ0v) is 35.9. The van der Waals surface area contributed by atoms with E-state index >= 15 is 0 Å². The molecule has 0 saturated heterocycles. The number of nitrogens with zero attached hydrogens (tertiary/aromatic N) is 5. The molecule has 5 nitrogen and oxygen atoms in total. The van der Waals surface area contributed by atoms with Gasteiger partial charge in [0, 0.05) is 33.4 Å². The van der Waals surface area contributed by atoms with Crippen molar-refractivity contribution >= 4 is 0 Å². The summed E-state index contributed by atoms with van der Waals surface area (Å²) in [6, 6.07) is 85.9. The third-order valence-electron chi connectivity index (χ3n) is 11.7. The summed E-state index contributed by atoms with van der Waals surface area (Å²) in [6.07, 6.45) is 0. The maximum Gasteiger partial charge on any atom is 0.164 e. The summed E-state index contributed by atoms with van der Waals surface area (Å²) in [5.41, 5.74) is 16.2. The van der Waals surface area contributed by atoms with Gasteiger partial charge in [0.1, 0.15) is 0 Å². The highest BCUT2D eigenvalue weighted by molar-refractivity contribution is 5.80. The highest BCUT2D eigenvalue weighted by atomic mass is 15.0. The molecule has 0 N–H and O–H groups in total. The maximum absolute atomic E-state index is 5.18. The predicted molar refractivity (Wildman–Crippen MR) is 270 cm³/mol. The predicted octanol–water partition coefficient (Wildman–Crippen LogP) is 15.3. The van der Waals surface area contributed by atoms with E-state index in [0.717, 1.165) is 83.7 Å². The number of hydrogen-bond acceptors (Lipinski definition) is 5. The van der Waals surface area contributed by atoms with Crippen molar-refractivity contribution in [2.45, 2.75) is 0 Å². The molecule has 11 rings (SSSR count). The Morgan fingerprint density at radius 1 is 0.152 bits per heavy atom. The molecule has 11 aromatic rings. The second-order valence-corrected chi connectivity index (χ2v) is 16.1. The van der Waals surface area contributed by atoms with Crippen molar-refractivity contribution in [2.75, 3.05) is 0 Å². The van der Waals surface area contributed by atoms with Crippen LogP contribution in [0.25, 0.3) is 113 Å². The molecule has 66 heavy (non-hydrogen) atoms. The second-order valence-electron chi connectivity index (χ2n) is 16.1. The van der Waals surface area contributed by atoms with Gasteiger partial charge >= 0.3 is 0 Å². The molecular formula is C61H41N5. The van der Waals surface area contributed by atoms with E-state index in [0.29, 0.717) is 23.3 Å². The fraction of sp³-hybridized carbons (Fsp3) is 0. The lowest BCUT2D eigenvalue weighted by atomic mass is 9.98. The largest absolute Gasteiger partial charge is 0.228 e. The van der Waals surface area contributed by atoms with Gasteiger partial charge < -0.3 is 0 Å². The van der Waals surface area contributed by atoms with Gasteiger partial charge in [-0.1, -0.05) is 218 Å². The van der Waals surface area contributed by atoms with E-state index in [-0.39, 0.29) is 0 Å². The van der Waals surface area contributed by atoms with Gasteiger partial charge in [0.2, 0.25) is 0 Å². The Labute approximate surface area is 384 Å². The minimum absolute atomic E-state index is 0.592. The van der Waals surface area contributed by atoms with E-state index in [1.165, 1.54) is 5.56 Å². The van der Waals surface area contributed by atoms with Crippen LogP contribution in [0.4, 0.5) is 0 Å². The number of aromatic nitrogens is 5. The van der Waals surface area contributed by atoms with Gasteiger partial charge in [0.25, 0.3) is 0 Å². The molecule has 0 saturated carbocycles. The zero-order chi connectivity index (χ0) is 44.1. The average Bonchev–Trinajstić information content (AvgIpc) is 3.42. The molecule has 0 bridgehead atoms. The lowest BCUT2D eigenvalue weighted by Gasteiger charge is -2.12. The van der Waals surface area contributed by atoms with Crippen molar-refractivity contribution in [3.8, 4) is 113 Å². The molecule has 0 unspecified atom stereocenters. The van der Waals surface area contributed by atoms with E-state index < -0.39 is 0 Å². The molecule has 0 aliphatic heterocycles. The van der Waals surface area contributed by atoms with Gasteiger partial charge in [-0.05, 0) is 74.8 Å². The van der Waals surface area contributed by atoms with E-state index in [1.54, 1.807) is 0 Å². The standard InChI is InChI=1S/C61H41N5/c1-5-17-42(18-6-1)45-33-35-46(36-34-45)56-41-57(63-58(62-56)47-23-11-4-12-24-47)52-29-13-27-50(37-52)51-28-16-32-55(40-51)61-65-59(53-30-14-25-48(38-53)43-19-7-2-8-20-43)64-60(66-61)54-31-15-26-49(39-54)44-21-9-3-10-22-44/h1-41H. The van der Waals surface area contributed by atoms with Crippen LogP contribution in [0.1, 0.15) is 0 Å². The molecule has 0 aliphatic rings. The second kappa shape index (κ2) is 18.0. The van der Waals surface area contributed by atoms with E-state index in [1.807, 2.05) is 36.4 Å². The van der Waals surface area contributed by atoms with E-state index in [9.17, 15) is 0 Å². The van der Waals surface area contributed by atoms with Gasteiger partial charge in [-0.25, -0.2) is 24.9 Å². The number of hydrogen-bond donors (Lipinski definition) is 0. The summed E-state index contributed by atoms with van der Waals surface area (Å²) in [6.45, 7) is 0. The smallest absolute Gasteiger partial charge is 0.164 e. The highest BCUT2D eigenvalue weighted by Crippen LogP contribution is 2.34. The Morgan fingerprint density at radius 2 is 0.409 bits per heavy atom. The monoisotopic (exact) mass is 843 g/mol. The van der Waals surface area contributed by atoms with Crippen LogP contribution in [-0.4, -0.2) is 24.9 Å². The summed E-state index contributed by atoms with van der Waals surface area (Å²) in [5.74, 6) is 2.48.